The number of anilines is 4. The lowest BCUT2D eigenvalue weighted by atomic mass is 10.3. The number of halogens is 1. The Balaban J connectivity index is 1.42. The van der Waals surface area contributed by atoms with Gasteiger partial charge in [-0.25, -0.2) is 15.0 Å². The third-order valence-corrected chi connectivity index (χ3v) is 4.95. The summed E-state index contributed by atoms with van der Waals surface area (Å²) in [6.45, 7) is 3.55. The molecule has 8 heteroatoms. The SMILES string of the molecule is COc1ccc(Nc2cc(N3CCN(c4ccccn4)CC3)ncn2)cc1Cl. The second-order valence-corrected chi connectivity index (χ2v) is 6.81. The average Bonchev–Trinajstić information content (AvgIpc) is 2.75. The number of piperazine rings is 1. The van der Waals surface area contributed by atoms with Gasteiger partial charge in [0, 0.05) is 44.1 Å². The molecule has 1 aliphatic rings. The minimum atomic E-state index is 0.549. The number of hydrogen-bond donors (Lipinski definition) is 1. The van der Waals surface area contributed by atoms with Crippen LogP contribution in [0.15, 0.2) is 55.0 Å². The molecule has 1 aromatic carbocycles. The zero-order chi connectivity index (χ0) is 19.3. The van der Waals surface area contributed by atoms with Crippen LogP contribution in [0.5, 0.6) is 5.75 Å². The van der Waals surface area contributed by atoms with Gasteiger partial charge in [-0.3, -0.25) is 0 Å². The number of pyridine rings is 1. The molecule has 1 aliphatic heterocycles. The van der Waals surface area contributed by atoms with Gasteiger partial charge in [-0.15, -0.1) is 0 Å². The van der Waals surface area contributed by atoms with Crippen molar-refractivity contribution >= 4 is 34.7 Å². The number of methoxy groups -OCH3 is 1. The lowest BCUT2D eigenvalue weighted by molar-refractivity contribution is 0.415. The summed E-state index contributed by atoms with van der Waals surface area (Å²) in [5.74, 6) is 3.28. The minimum Gasteiger partial charge on any atom is -0.495 e. The second-order valence-electron chi connectivity index (χ2n) is 6.40. The fourth-order valence-corrected chi connectivity index (χ4v) is 3.44. The van der Waals surface area contributed by atoms with Gasteiger partial charge in [0.15, 0.2) is 0 Å². The van der Waals surface area contributed by atoms with Gasteiger partial charge in [-0.1, -0.05) is 17.7 Å². The van der Waals surface area contributed by atoms with Crippen molar-refractivity contribution in [3.8, 4) is 5.75 Å². The van der Waals surface area contributed by atoms with E-state index in [1.54, 1.807) is 13.4 Å². The van der Waals surface area contributed by atoms with Crippen LogP contribution in [0.25, 0.3) is 0 Å². The van der Waals surface area contributed by atoms with Gasteiger partial charge >= 0.3 is 0 Å². The summed E-state index contributed by atoms with van der Waals surface area (Å²) >= 11 is 6.20. The molecule has 1 fully saturated rings. The molecule has 0 unspecified atom stereocenters. The van der Waals surface area contributed by atoms with Crippen molar-refractivity contribution in [2.75, 3.05) is 48.4 Å². The monoisotopic (exact) mass is 396 g/mol. The van der Waals surface area contributed by atoms with Crippen LogP contribution >= 0.6 is 11.6 Å². The van der Waals surface area contributed by atoms with E-state index in [1.165, 1.54) is 0 Å². The van der Waals surface area contributed by atoms with E-state index in [0.29, 0.717) is 10.8 Å². The Hall–Kier alpha value is -3.06. The van der Waals surface area contributed by atoms with E-state index in [-0.39, 0.29) is 0 Å². The van der Waals surface area contributed by atoms with Crippen molar-refractivity contribution in [1.82, 2.24) is 15.0 Å². The first-order valence-corrected chi connectivity index (χ1v) is 9.44. The molecule has 0 amide bonds. The first-order chi connectivity index (χ1) is 13.7. The molecule has 3 heterocycles. The van der Waals surface area contributed by atoms with Crippen LogP contribution in [-0.2, 0) is 0 Å². The lowest BCUT2D eigenvalue weighted by Crippen LogP contribution is -2.47. The summed E-state index contributed by atoms with van der Waals surface area (Å²) in [4.78, 5) is 17.7. The fourth-order valence-electron chi connectivity index (χ4n) is 3.19. The molecular formula is C20H21ClN6O. The highest BCUT2D eigenvalue weighted by Crippen LogP contribution is 2.29. The molecule has 4 rings (SSSR count). The van der Waals surface area contributed by atoms with Crippen LogP contribution in [0.4, 0.5) is 23.1 Å². The first kappa shape index (κ1) is 18.3. The number of hydrogen-bond acceptors (Lipinski definition) is 7. The summed E-state index contributed by atoms with van der Waals surface area (Å²) in [6.07, 6.45) is 3.41. The molecule has 144 valence electrons. The minimum absolute atomic E-state index is 0.549. The molecule has 2 aromatic heterocycles. The van der Waals surface area contributed by atoms with Gasteiger partial charge in [0.1, 0.15) is 29.5 Å². The molecule has 1 saturated heterocycles. The van der Waals surface area contributed by atoms with Gasteiger partial charge < -0.3 is 19.9 Å². The molecule has 0 aliphatic carbocycles. The highest BCUT2D eigenvalue weighted by molar-refractivity contribution is 6.32. The Labute approximate surface area is 169 Å². The Morgan fingerprint density at radius 3 is 2.39 bits per heavy atom. The molecule has 3 aromatic rings. The van der Waals surface area contributed by atoms with Gasteiger partial charge in [-0.2, -0.15) is 0 Å². The number of rotatable bonds is 5. The largest absolute Gasteiger partial charge is 0.495 e. The standard InChI is InChI=1S/C20H21ClN6O/c1-28-17-6-5-15(12-16(17)21)25-18-13-20(24-14-23-18)27-10-8-26(9-11-27)19-4-2-3-7-22-19/h2-7,12-14H,8-11H2,1H3,(H,23,24,25). The number of aromatic nitrogens is 3. The van der Waals surface area contributed by atoms with Crippen LogP contribution in [0.2, 0.25) is 5.02 Å². The van der Waals surface area contributed by atoms with Crippen LogP contribution in [0.3, 0.4) is 0 Å². The van der Waals surface area contributed by atoms with E-state index in [4.69, 9.17) is 16.3 Å². The molecule has 7 nitrogen and oxygen atoms in total. The Kier molecular flexibility index (Phi) is 5.43. The number of ether oxygens (including phenoxy) is 1. The van der Waals surface area contributed by atoms with Crippen LogP contribution < -0.4 is 19.9 Å². The van der Waals surface area contributed by atoms with Crippen LogP contribution in [0, 0.1) is 0 Å². The van der Waals surface area contributed by atoms with Crippen LogP contribution in [-0.4, -0.2) is 48.2 Å². The van der Waals surface area contributed by atoms with Crippen molar-refractivity contribution in [3.05, 3.63) is 60.0 Å². The Morgan fingerprint density at radius 2 is 1.71 bits per heavy atom. The predicted octanol–water partition coefficient (Wildman–Crippen LogP) is 3.60. The highest BCUT2D eigenvalue weighted by atomic mass is 35.5. The van der Waals surface area contributed by atoms with Crippen LogP contribution in [0.1, 0.15) is 0 Å². The van der Waals surface area contributed by atoms with E-state index in [0.717, 1.165) is 49.3 Å². The van der Waals surface area contributed by atoms with Crippen molar-refractivity contribution < 1.29 is 4.74 Å². The third-order valence-electron chi connectivity index (χ3n) is 4.65. The van der Waals surface area contributed by atoms with E-state index in [2.05, 4.69) is 30.1 Å². The number of nitrogens with zero attached hydrogens (tertiary/aromatic N) is 5. The normalized spacial score (nSPS) is 14.1. The summed E-state index contributed by atoms with van der Waals surface area (Å²) < 4.78 is 5.19. The van der Waals surface area contributed by atoms with Crippen molar-refractivity contribution in [2.45, 2.75) is 0 Å². The van der Waals surface area contributed by atoms with E-state index in [9.17, 15) is 0 Å². The second kappa shape index (κ2) is 8.31. The lowest BCUT2D eigenvalue weighted by Gasteiger charge is -2.36. The zero-order valence-corrected chi connectivity index (χ0v) is 16.3. The third kappa shape index (κ3) is 4.09. The average molecular weight is 397 g/mol. The van der Waals surface area contributed by atoms with E-state index >= 15 is 0 Å². The quantitative estimate of drug-likeness (QED) is 0.706. The smallest absolute Gasteiger partial charge is 0.137 e. The molecule has 0 radical (unpaired) electrons. The summed E-state index contributed by atoms with van der Waals surface area (Å²) in [7, 11) is 1.60. The van der Waals surface area contributed by atoms with Crippen molar-refractivity contribution in [2.24, 2.45) is 0 Å². The molecule has 0 spiro atoms. The van der Waals surface area contributed by atoms with Gasteiger partial charge in [0.05, 0.1) is 12.1 Å². The Morgan fingerprint density at radius 1 is 0.929 bits per heavy atom. The maximum Gasteiger partial charge on any atom is 0.137 e. The summed E-state index contributed by atoms with van der Waals surface area (Å²) in [5.41, 5.74) is 0.843. The summed E-state index contributed by atoms with van der Waals surface area (Å²) in [6, 6.07) is 13.5. The van der Waals surface area contributed by atoms with Gasteiger partial charge in [0.2, 0.25) is 0 Å². The Bertz CT molecular complexity index is 931. The number of benzene rings is 1. The molecule has 0 saturated carbocycles. The van der Waals surface area contributed by atoms with Crippen molar-refractivity contribution in [1.29, 1.82) is 0 Å². The predicted molar refractivity (Wildman–Crippen MR) is 112 cm³/mol. The van der Waals surface area contributed by atoms with Gasteiger partial charge in [0.25, 0.3) is 0 Å². The zero-order valence-electron chi connectivity index (χ0n) is 15.5. The summed E-state index contributed by atoms with van der Waals surface area (Å²) in [5, 5.41) is 3.82. The van der Waals surface area contributed by atoms with Crippen molar-refractivity contribution in [3.63, 3.8) is 0 Å². The molecule has 28 heavy (non-hydrogen) atoms. The maximum absolute atomic E-state index is 6.20. The number of nitrogens with one attached hydrogen (secondary N) is 1. The first-order valence-electron chi connectivity index (χ1n) is 9.06. The van der Waals surface area contributed by atoms with E-state index in [1.807, 2.05) is 48.7 Å². The highest BCUT2D eigenvalue weighted by Gasteiger charge is 2.19. The topological polar surface area (TPSA) is 66.4 Å². The maximum atomic E-state index is 6.20. The van der Waals surface area contributed by atoms with Gasteiger partial charge in [-0.05, 0) is 30.3 Å². The molecular weight excluding hydrogens is 376 g/mol. The molecule has 1 N–H and O–H groups in total. The molecule has 0 bridgehead atoms. The van der Waals surface area contributed by atoms with E-state index < -0.39 is 0 Å². The molecule has 0 atom stereocenters. The fraction of sp³-hybridized carbons (Fsp3) is 0.250.